The van der Waals surface area contributed by atoms with Gasteiger partial charge in [0.2, 0.25) is 0 Å². The van der Waals surface area contributed by atoms with Gasteiger partial charge in [-0.3, -0.25) is 4.79 Å². The Labute approximate surface area is 156 Å². The lowest BCUT2D eigenvalue weighted by Gasteiger charge is -2.20. The van der Waals surface area contributed by atoms with Crippen molar-refractivity contribution in [2.45, 2.75) is 76.7 Å². The SMILES string of the molecule is CCCCCCCCCCCC(=O)OC(=O)CO.NC(CO)(CO)CO. The molecule has 0 radical (unpaired) electrons. The van der Waals surface area contributed by atoms with Crippen LogP contribution in [0.25, 0.3) is 0 Å². The maximum atomic E-state index is 11.1. The fraction of sp³-hybridized carbons (Fsp3) is 0.889. The summed E-state index contributed by atoms with van der Waals surface area (Å²) in [7, 11) is 0. The van der Waals surface area contributed by atoms with E-state index in [0.29, 0.717) is 0 Å². The van der Waals surface area contributed by atoms with Crippen LogP contribution in [-0.4, -0.2) is 64.3 Å². The van der Waals surface area contributed by atoms with Crippen molar-refractivity contribution >= 4 is 11.9 Å². The van der Waals surface area contributed by atoms with Crippen molar-refractivity contribution in [3.05, 3.63) is 0 Å². The second-order valence-electron chi connectivity index (χ2n) is 6.42. The van der Waals surface area contributed by atoms with E-state index in [1.54, 1.807) is 0 Å². The Hall–Kier alpha value is -1.06. The molecule has 0 spiro atoms. The van der Waals surface area contributed by atoms with Gasteiger partial charge in [-0.15, -0.1) is 0 Å². The van der Waals surface area contributed by atoms with Crippen LogP contribution in [0.3, 0.4) is 0 Å². The highest BCUT2D eigenvalue weighted by Gasteiger charge is 2.20. The highest BCUT2D eigenvalue weighted by Crippen LogP contribution is 2.10. The number of aliphatic hydroxyl groups excluding tert-OH is 4. The number of carbonyl (C=O) groups is 2. The Balaban J connectivity index is 0. The molecule has 0 fully saturated rings. The van der Waals surface area contributed by atoms with E-state index in [2.05, 4.69) is 11.7 Å². The predicted octanol–water partition coefficient (Wildman–Crippen LogP) is 0.630. The fourth-order valence-corrected chi connectivity index (χ4v) is 1.94. The summed E-state index contributed by atoms with van der Waals surface area (Å²) in [5.41, 5.74) is 3.94. The first-order valence-electron chi connectivity index (χ1n) is 9.34. The third-order valence-corrected chi connectivity index (χ3v) is 3.79. The first-order chi connectivity index (χ1) is 12.4. The van der Waals surface area contributed by atoms with Gasteiger partial charge in [0.05, 0.1) is 25.4 Å². The molecule has 0 amide bonds. The minimum absolute atomic E-state index is 0.265. The molecule has 0 aliphatic rings. The van der Waals surface area contributed by atoms with Crippen LogP contribution in [0.5, 0.6) is 0 Å². The minimum Gasteiger partial charge on any atom is -0.394 e. The van der Waals surface area contributed by atoms with Crippen LogP contribution in [0, 0.1) is 0 Å². The van der Waals surface area contributed by atoms with Gasteiger partial charge >= 0.3 is 11.9 Å². The van der Waals surface area contributed by atoms with Crippen LogP contribution in [0.1, 0.15) is 71.1 Å². The second-order valence-corrected chi connectivity index (χ2v) is 6.42. The molecule has 0 aromatic heterocycles. The van der Waals surface area contributed by atoms with Crippen molar-refractivity contribution < 1.29 is 34.8 Å². The molecule has 0 bridgehead atoms. The van der Waals surface area contributed by atoms with E-state index < -0.39 is 43.9 Å². The van der Waals surface area contributed by atoms with Crippen molar-refractivity contribution in [3.8, 4) is 0 Å². The van der Waals surface area contributed by atoms with Gasteiger partial charge in [0, 0.05) is 6.42 Å². The van der Waals surface area contributed by atoms with Crippen LogP contribution in [0.15, 0.2) is 0 Å². The average molecular weight is 379 g/mol. The Morgan fingerprint density at radius 3 is 1.54 bits per heavy atom. The molecule has 6 N–H and O–H groups in total. The minimum atomic E-state index is -1.21. The lowest BCUT2D eigenvalue weighted by Crippen LogP contribution is -2.50. The summed E-state index contributed by atoms with van der Waals surface area (Å²) in [6, 6.07) is 0. The smallest absolute Gasteiger partial charge is 0.339 e. The Morgan fingerprint density at radius 1 is 0.769 bits per heavy atom. The molecule has 0 heterocycles. The Morgan fingerprint density at radius 2 is 1.19 bits per heavy atom. The van der Waals surface area contributed by atoms with E-state index >= 15 is 0 Å². The van der Waals surface area contributed by atoms with Crippen LogP contribution in [-0.2, 0) is 14.3 Å². The van der Waals surface area contributed by atoms with Crippen LogP contribution < -0.4 is 5.73 Å². The van der Waals surface area contributed by atoms with E-state index in [0.717, 1.165) is 19.3 Å². The van der Waals surface area contributed by atoms with E-state index in [4.69, 9.17) is 26.2 Å². The number of aliphatic hydroxyl groups is 4. The first kappa shape index (κ1) is 27.2. The number of hydrogen-bond acceptors (Lipinski definition) is 8. The van der Waals surface area contributed by atoms with Gasteiger partial charge in [-0.1, -0.05) is 58.3 Å². The molecule has 8 nitrogen and oxygen atoms in total. The van der Waals surface area contributed by atoms with Gasteiger partial charge in [0.1, 0.15) is 6.61 Å². The summed E-state index contributed by atoms with van der Waals surface area (Å²) in [5.74, 6) is -1.40. The van der Waals surface area contributed by atoms with Crippen LogP contribution >= 0.6 is 0 Å². The molecule has 0 saturated carbocycles. The Bertz CT molecular complexity index is 338. The van der Waals surface area contributed by atoms with Crippen molar-refractivity contribution in [1.82, 2.24) is 0 Å². The molecule has 0 aliphatic heterocycles. The summed E-state index contributed by atoms with van der Waals surface area (Å²) in [6.45, 7) is 0.268. The molecular weight excluding hydrogens is 342 g/mol. The number of hydrogen-bond donors (Lipinski definition) is 5. The van der Waals surface area contributed by atoms with Crippen molar-refractivity contribution in [2.24, 2.45) is 5.73 Å². The number of unbranched alkanes of at least 4 members (excludes halogenated alkanes) is 8. The van der Waals surface area contributed by atoms with E-state index in [1.807, 2.05) is 0 Å². The van der Waals surface area contributed by atoms with Crippen LogP contribution in [0.4, 0.5) is 0 Å². The monoisotopic (exact) mass is 379 g/mol. The summed E-state index contributed by atoms with van der Waals surface area (Å²) in [4.78, 5) is 21.7. The lowest BCUT2D eigenvalue weighted by atomic mass is 10.1. The molecule has 0 rings (SSSR count). The van der Waals surface area contributed by atoms with Gasteiger partial charge < -0.3 is 30.9 Å². The molecule has 0 unspecified atom stereocenters. The molecule has 8 heteroatoms. The number of ether oxygens (including phenoxy) is 1. The predicted molar refractivity (Wildman–Crippen MR) is 98.2 cm³/mol. The highest BCUT2D eigenvalue weighted by molar-refractivity contribution is 5.85. The fourth-order valence-electron chi connectivity index (χ4n) is 1.94. The second kappa shape index (κ2) is 18.7. The van der Waals surface area contributed by atoms with E-state index in [-0.39, 0.29) is 6.42 Å². The van der Waals surface area contributed by atoms with Gasteiger partial charge in [0.15, 0.2) is 0 Å². The topological polar surface area (TPSA) is 150 Å². The van der Waals surface area contributed by atoms with Gasteiger partial charge in [-0.25, -0.2) is 4.79 Å². The summed E-state index contributed by atoms with van der Waals surface area (Å²) < 4.78 is 4.34. The number of nitrogens with two attached hydrogens (primary N) is 1. The van der Waals surface area contributed by atoms with E-state index in [1.165, 1.54) is 38.5 Å². The summed E-state index contributed by atoms with van der Waals surface area (Å²) in [6.07, 6.45) is 10.9. The summed E-state index contributed by atoms with van der Waals surface area (Å²) in [5, 5.41) is 33.4. The molecule has 0 atom stereocenters. The molecule has 0 aromatic carbocycles. The molecular formula is C18H37NO7. The standard InChI is InChI=1S/C14H26O4.C4H11NO3/c1-2-3-4-5-6-7-8-9-10-11-13(16)18-14(17)12-15;5-4(1-6,2-7)3-8/h15H,2-12H2,1H3;6-8H,1-3,5H2. The quantitative estimate of drug-likeness (QED) is 0.167. The van der Waals surface area contributed by atoms with Crippen molar-refractivity contribution in [3.63, 3.8) is 0 Å². The number of esters is 2. The van der Waals surface area contributed by atoms with Gasteiger partial charge in [-0.2, -0.15) is 0 Å². The Kier molecular flexibility index (Phi) is 19.6. The molecule has 26 heavy (non-hydrogen) atoms. The zero-order valence-corrected chi connectivity index (χ0v) is 16.0. The van der Waals surface area contributed by atoms with Crippen LogP contribution in [0.2, 0.25) is 0 Å². The molecule has 156 valence electrons. The number of carbonyl (C=O) groups excluding carboxylic acids is 2. The molecule has 0 aromatic rings. The zero-order chi connectivity index (χ0) is 20.3. The molecule has 0 saturated heterocycles. The zero-order valence-electron chi connectivity index (χ0n) is 16.0. The highest BCUT2D eigenvalue weighted by atomic mass is 16.6. The maximum absolute atomic E-state index is 11.1. The summed E-state index contributed by atoms with van der Waals surface area (Å²) >= 11 is 0. The van der Waals surface area contributed by atoms with Gasteiger partial charge in [-0.05, 0) is 6.42 Å². The first-order valence-corrected chi connectivity index (χ1v) is 9.34. The molecule has 0 aliphatic carbocycles. The normalized spacial score (nSPS) is 10.8. The third-order valence-electron chi connectivity index (χ3n) is 3.79. The van der Waals surface area contributed by atoms with Crippen molar-refractivity contribution in [1.29, 1.82) is 0 Å². The van der Waals surface area contributed by atoms with Gasteiger partial charge in [0.25, 0.3) is 0 Å². The van der Waals surface area contributed by atoms with E-state index in [9.17, 15) is 9.59 Å². The average Bonchev–Trinajstić information content (AvgIpc) is 2.66. The maximum Gasteiger partial charge on any atom is 0.339 e. The third kappa shape index (κ3) is 17.8. The lowest BCUT2D eigenvalue weighted by molar-refractivity contribution is -0.161. The number of rotatable bonds is 14. The van der Waals surface area contributed by atoms with Crippen molar-refractivity contribution in [2.75, 3.05) is 26.4 Å². The largest absolute Gasteiger partial charge is 0.394 e.